The number of hydrogen-bond acceptors (Lipinski definition) is 4. The molecule has 2 N–H and O–H groups in total. The van der Waals surface area contributed by atoms with Gasteiger partial charge in [-0.15, -0.1) is 0 Å². The first-order chi connectivity index (χ1) is 8.75. The van der Waals surface area contributed by atoms with Crippen molar-refractivity contribution in [3.8, 4) is 0 Å². The SMILES string of the molecule is O=C(O)C1CC(c2nccc3ccnn23)CCN1. The van der Waals surface area contributed by atoms with E-state index in [0.717, 1.165) is 17.8 Å². The Morgan fingerprint density at radius 2 is 2.28 bits per heavy atom. The van der Waals surface area contributed by atoms with E-state index >= 15 is 0 Å². The third-order valence-electron chi connectivity index (χ3n) is 3.41. The lowest BCUT2D eigenvalue weighted by Crippen LogP contribution is -2.43. The first-order valence-corrected chi connectivity index (χ1v) is 6.00. The van der Waals surface area contributed by atoms with Gasteiger partial charge >= 0.3 is 5.97 Å². The van der Waals surface area contributed by atoms with E-state index in [-0.39, 0.29) is 5.92 Å². The second-order valence-corrected chi connectivity index (χ2v) is 4.54. The number of carboxylic acid groups (broad SMARTS) is 1. The van der Waals surface area contributed by atoms with Gasteiger partial charge in [0, 0.05) is 12.1 Å². The number of aromatic nitrogens is 3. The van der Waals surface area contributed by atoms with Crippen molar-refractivity contribution in [3.05, 3.63) is 30.4 Å². The number of carbonyl (C=O) groups is 1. The molecule has 1 aliphatic rings. The Hall–Kier alpha value is -1.95. The van der Waals surface area contributed by atoms with Gasteiger partial charge in [-0.25, -0.2) is 9.50 Å². The zero-order chi connectivity index (χ0) is 12.5. The monoisotopic (exact) mass is 246 g/mol. The molecule has 0 aromatic carbocycles. The van der Waals surface area contributed by atoms with Crippen LogP contribution in [0.25, 0.3) is 5.52 Å². The summed E-state index contributed by atoms with van der Waals surface area (Å²) in [6.45, 7) is 0.695. The fourth-order valence-electron chi connectivity index (χ4n) is 2.49. The van der Waals surface area contributed by atoms with Crippen molar-refractivity contribution in [1.82, 2.24) is 19.9 Å². The van der Waals surface area contributed by atoms with Gasteiger partial charge in [0.05, 0.1) is 11.7 Å². The lowest BCUT2D eigenvalue weighted by Gasteiger charge is -2.27. The van der Waals surface area contributed by atoms with Gasteiger partial charge in [0.2, 0.25) is 0 Å². The van der Waals surface area contributed by atoms with Crippen LogP contribution in [-0.2, 0) is 4.79 Å². The first kappa shape index (κ1) is 11.2. The molecule has 3 heterocycles. The quantitative estimate of drug-likeness (QED) is 0.813. The summed E-state index contributed by atoms with van der Waals surface area (Å²) >= 11 is 0. The largest absolute Gasteiger partial charge is 0.480 e. The zero-order valence-electron chi connectivity index (χ0n) is 9.78. The Labute approximate surface area is 104 Å². The summed E-state index contributed by atoms with van der Waals surface area (Å²) in [6.07, 6.45) is 4.93. The van der Waals surface area contributed by atoms with E-state index in [4.69, 9.17) is 5.11 Å². The molecule has 0 aliphatic carbocycles. The number of carboxylic acids is 1. The number of nitrogens with zero attached hydrogens (tertiary/aromatic N) is 3. The lowest BCUT2D eigenvalue weighted by molar-refractivity contribution is -0.140. The topological polar surface area (TPSA) is 79.5 Å². The summed E-state index contributed by atoms with van der Waals surface area (Å²) in [7, 11) is 0. The molecule has 0 saturated carbocycles. The van der Waals surface area contributed by atoms with Gasteiger partial charge in [-0.3, -0.25) is 4.79 Å². The number of piperidine rings is 1. The third kappa shape index (κ3) is 1.84. The standard InChI is InChI=1S/C12H14N4O2/c17-12(18)10-7-8(1-4-13-10)11-14-5-2-9-3-6-15-16(9)11/h2-3,5-6,8,10,13H,1,4,7H2,(H,17,18). The van der Waals surface area contributed by atoms with Crippen LogP contribution in [0.5, 0.6) is 0 Å². The van der Waals surface area contributed by atoms with E-state index in [9.17, 15) is 4.79 Å². The fourth-order valence-corrected chi connectivity index (χ4v) is 2.49. The van der Waals surface area contributed by atoms with Gasteiger partial charge in [0.1, 0.15) is 11.9 Å². The van der Waals surface area contributed by atoms with Crippen LogP contribution in [-0.4, -0.2) is 38.3 Å². The number of fused-ring (bicyclic) bond motifs is 1. The van der Waals surface area contributed by atoms with Crippen molar-refractivity contribution in [2.45, 2.75) is 24.8 Å². The second kappa shape index (κ2) is 4.38. The number of aliphatic carboxylic acids is 1. The Bertz CT molecular complexity index is 580. The molecule has 0 amide bonds. The van der Waals surface area contributed by atoms with Crippen LogP contribution in [0.1, 0.15) is 24.6 Å². The molecule has 6 nitrogen and oxygen atoms in total. The molecule has 2 unspecified atom stereocenters. The maximum atomic E-state index is 11.0. The highest BCUT2D eigenvalue weighted by Crippen LogP contribution is 2.26. The summed E-state index contributed by atoms with van der Waals surface area (Å²) in [4.78, 5) is 15.4. The van der Waals surface area contributed by atoms with E-state index in [2.05, 4.69) is 15.4 Å². The maximum absolute atomic E-state index is 11.0. The summed E-state index contributed by atoms with van der Waals surface area (Å²) < 4.78 is 1.80. The van der Waals surface area contributed by atoms with Gasteiger partial charge in [-0.05, 0) is 31.5 Å². The fraction of sp³-hybridized carbons (Fsp3) is 0.417. The van der Waals surface area contributed by atoms with Gasteiger partial charge < -0.3 is 10.4 Å². The Balaban J connectivity index is 1.94. The van der Waals surface area contributed by atoms with E-state index in [1.165, 1.54) is 0 Å². The number of rotatable bonds is 2. The summed E-state index contributed by atoms with van der Waals surface area (Å²) in [5.74, 6) is 0.188. The molecule has 2 aromatic rings. The molecular formula is C12H14N4O2. The van der Waals surface area contributed by atoms with Crippen molar-refractivity contribution in [1.29, 1.82) is 0 Å². The van der Waals surface area contributed by atoms with E-state index in [0.29, 0.717) is 13.0 Å². The molecular weight excluding hydrogens is 232 g/mol. The zero-order valence-corrected chi connectivity index (χ0v) is 9.78. The number of nitrogens with one attached hydrogen (secondary N) is 1. The van der Waals surface area contributed by atoms with Gasteiger partial charge in [-0.2, -0.15) is 5.10 Å². The molecule has 1 saturated heterocycles. The van der Waals surface area contributed by atoms with E-state index in [1.807, 2.05) is 12.1 Å². The third-order valence-corrected chi connectivity index (χ3v) is 3.41. The number of hydrogen-bond donors (Lipinski definition) is 2. The Kier molecular flexibility index (Phi) is 2.71. The van der Waals surface area contributed by atoms with Crippen LogP contribution < -0.4 is 5.32 Å². The molecule has 0 spiro atoms. The minimum Gasteiger partial charge on any atom is -0.480 e. The molecule has 1 fully saturated rings. The van der Waals surface area contributed by atoms with Gasteiger partial charge in [-0.1, -0.05) is 0 Å². The van der Waals surface area contributed by atoms with Crippen LogP contribution in [0.2, 0.25) is 0 Å². The van der Waals surface area contributed by atoms with Gasteiger partial charge in [0.25, 0.3) is 0 Å². The molecule has 0 bridgehead atoms. The highest BCUT2D eigenvalue weighted by atomic mass is 16.4. The lowest BCUT2D eigenvalue weighted by atomic mass is 9.91. The summed E-state index contributed by atoms with van der Waals surface area (Å²) in [5, 5.41) is 16.3. The predicted octanol–water partition coefficient (Wildman–Crippen LogP) is 0.649. The van der Waals surface area contributed by atoms with Crippen LogP contribution in [0.15, 0.2) is 24.5 Å². The minimum atomic E-state index is -0.799. The van der Waals surface area contributed by atoms with Crippen molar-refractivity contribution in [2.24, 2.45) is 0 Å². The predicted molar refractivity (Wildman–Crippen MR) is 64.4 cm³/mol. The van der Waals surface area contributed by atoms with Crippen molar-refractivity contribution in [2.75, 3.05) is 6.54 Å². The molecule has 2 atom stereocenters. The highest BCUT2D eigenvalue weighted by molar-refractivity contribution is 5.73. The molecule has 94 valence electrons. The summed E-state index contributed by atoms with van der Waals surface area (Å²) in [6, 6.07) is 3.32. The molecule has 0 radical (unpaired) electrons. The minimum absolute atomic E-state index is 0.135. The highest BCUT2D eigenvalue weighted by Gasteiger charge is 2.29. The van der Waals surface area contributed by atoms with Crippen molar-refractivity contribution < 1.29 is 9.90 Å². The van der Waals surface area contributed by atoms with Crippen LogP contribution in [0.3, 0.4) is 0 Å². The molecule has 18 heavy (non-hydrogen) atoms. The van der Waals surface area contributed by atoms with E-state index < -0.39 is 12.0 Å². The Morgan fingerprint density at radius 1 is 1.44 bits per heavy atom. The molecule has 3 rings (SSSR count). The molecule has 2 aromatic heterocycles. The smallest absolute Gasteiger partial charge is 0.320 e. The molecule has 6 heteroatoms. The van der Waals surface area contributed by atoms with Crippen molar-refractivity contribution >= 4 is 11.5 Å². The first-order valence-electron chi connectivity index (χ1n) is 6.00. The average Bonchev–Trinajstić information content (AvgIpc) is 2.87. The van der Waals surface area contributed by atoms with Crippen LogP contribution >= 0.6 is 0 Å². The Morgan fingerprint density at radius 3 is 3.11 bits per heavy atom. The van der Waals surface area contributed by atoms with Crippen LogP contribution in [0, 0.1) is 0 Å². The normalized spacial score (nSPS) is 24.2. The average molecular weight is 246 g/mol. The summed E-state index contributed by atoms with van der Waals surface area (Å²) in [5.41, 5.74) is 0.991. The van der Waals surface area contributed by atoms with Crippen molar-refractivity contribution in [3.63, 3.8) is 0 Å². The van der Waals surface area contributed by atoms with Crippen LogP contribution in [0.4, 0.5) is 0 Å². The molecule has 1 aliphatic heterocycles. The maximum Gasteiger partial charge on any atom is 0.320 e. The second-order valence-electron chi connectivity index (χ2n) is 4.54. The van der Waals surface area contributed by atoms with Gasteiger partial charge in [0.15, 0.2) is 0 Å². The van der Waals surface area contributed by atoms with E-state index in [1.54, 1.807) is 16.9 Å².